The Bertz CT molecular complexity index is 734. The smallest absolute Gasteiger partial charge is 0.261 e. The van der Waals surface area contributed by atoms with E-state index in [0.717, 1.165) is 37.3 Å². The maximum absolute atomic E-state index is 12.4. The standard InChI is InChI=1S/C19H24BrN3O4/c1-13(12-22-7-9-27-10-8-22)21-17(24)3-2-6-23-18(25)15-5-4-14(20)11-16(15)19(23)26/h4-5,11,13H,2-3,6-10,12H2,1H3,(H,21,24). The van der Waals surface area contributed by atoms with Gasteiger partial charge >= 0.3 is 0 Å². The number of ether oxygens (including phenoxy) is 1. The SMILES string of the molecule is CC(CN1CCOCC1)NC(=O)CCCN1C(=O)c2ccc(Br)cc2C1=O. The van der Waals surface area contributed by atoms with Gasteiger partial charge in [-0.15, -0.1) is 0 Å². The maximum Gasteiger partial charge on any atom is 0.261 e. The van der Waals surface area contributed by atoms with Crippen molar-refractivity contribution in [1.29, 1.82) is 0 Å². The van der Waals surface area contributed by atoms with Crippen molar-refractivity contribution in [1.82, 2.24) is 15.1 Å². The van der Waals surface area contributed by atoms with Crippen molar-refractivity contribution in [3.63, 3.8) is 0 Å². The molecule has 0 radical (unpaired) electrons. The Labute approximate surface area is 167 Å². The zero-order valence-corrected chi connectivity index (χ0v) is 17.0. The molecule has 2 aliphatic heterocycles. The van der Waals surface area contributed by atoms with E-state index in [9.17, 15) is 14.4 Å². The Morgan fingerprint density at radius 2 is 1.93 bits per heavy atom. The predicted molar refractivity (Wildman–Crippen MR) is 104 cm³/mol. The quantitative estimate of drug-likeness (QED) is 0.656. The summed E-state index contributed by atoms with van der Waals surface area (Å²) >= 11 is 3.32. The molecule has 1 saturated heterocycles. The van der Waals surface area contributed by atoms with Gasteiger partial charge in [0.2, 0.25) is 5.91 Å². The number of fused-ring (bicyclic) bond motifs is 1. The maximum atomic E-state index is 12.4. The lowest BCUT2D eigenvalue weighted by molar-refractivity contribution is -0.122. The van der Waals surface area contributed by atoms with E-state index in [2.05, 4.69) is 26.1 Å². The Hall–Kier alpha value is -1.77. The monoisotopic (exact) mass is 437 g/mol. The molecule has 0 aromatic heterocycles. The molecule has 27 heavy (non-hydrogen) atoms. The topological polar surface area (TPSA) is 79.0 Å². The first-order chi connectivity index (χ1) is 13.0. The first-order valence-corrected chi connectivity index (χ1v) is 10.00. The van der Waals surface area contributed by atoms with Crippen LogP contribution in [0.3, 0.4) is 0 Å². The number of morpholine rings is 1. The minimum atomic E-state index is -0.294. The van der Waals surface area contributed by atoms with E-state index in [-0.39, 0.29) is 36.7 Å². The molecule has 0 spiro atoms. The third kappa shape index (κ3) is 4.94. The summed E-state index contributed by atoms with van der Waals surface area (Å²) in [7, 11) is 0. The highest BCUT2D eigenvalue weighted by Crippen LogP contribution is 2.26. The van der Waals surface area contributed by atoms with Crippen LogP contribution in [0.15, 0.2) is 22.7 Å². The number of imide groups is 1. The first-order valence-electron chi connectivity index (χ1n) is 9.21. The van der Waals surface area contributed by atoms with Crippen molar-refractivity contribution in [3.8, 4) is 0 Å². The van der Waals surface area contributed by atoms with E-state index < -0.39 is 0 Å². The lowest BCUT2D eigenvalue weighted by Crippen LogP contribution is -2.46. The Balaban J connectivity index is 1.42. The largest absolute Gasteiger partial charge is 0.379 e. The number of halogens is 1. The summed E-state index contributed by atoms with van der Waals surface area (Å²) in [5.41, 5.74) is 0.838. The molecule has 2 heterocycles. The molecule has 1 aromatic rings. The summed E-state index contributed by atoms with van der Waals surface area (Å²) in [6.07, 6.45) is 0.729. The molecule has 146 valence electrons. The molecule has 0 aliphatic carbocycles. The van der Waals surface area contributed by atoms with Crippen molar-refractivity contribution >= 4 is 33.7 Å². The second-order valence-corrected chi connectivity index (χ2v) is 7.85. The zero-order valence-electron chi connectivity index (χ0n) is 15.4. The highest BCUT2D eigenvalue weighted by atomic mass is 79.9. The molecular formula is C19H24BrN3O4. The minimum Gasteiger partial charge on any atom is -0.379 e. The van der Waals surface area contributed by atoms with E-state index in [1.165, 1.54) is 4.90 Å². The molecule has 3 rings (SSSR count). The summed E-state index contributed by atoms with van der Waals surface area (Å²) in [6, 6.07) is 5.11. The van der Waals surface area contributed by atoms with E-state index in [1.54, 1.807) is 18.2 Å². The van der Waals surface area contributed by atoms with Gasteiger partial charge in [-0.2, -0.15) is 0 Å². The predicted octanol–water partition coefficient (Wildman–Crippen LogP) is 1.66. The van der Waals surface area contributed by atoms with Gasteiger partial charge in [-0.3, -0.25) is 24.2 Å². The molecule has 0 saturated carbocycles. The number of hydrogen-bond acceptors (Lipinski definition) is 5. The molecule has 3 amide bonds. The fourth-order valence-electron chi connectivity index (χ4n) is 3.43. The molecule has 1 atom stereocenters. The lowest BCUT2D eigenvalue weighted by Gasteiger charge is -2.29. The van der Waals surface area contributed by atoms with E-state index in [0.29, 0.717) is 17.5 Å². The second-order valence-electron chi connectivity index (χ2n) is 6.94. The Morgan fingerprint density at radius 3 is 2.67 bits per heavy atom. The number of carbonyl (C=O) groups excluding carboxylic acids is 3. The van der Waals surface area contributed by atoms with Crippen LogP contribution in [-0.4, -0.2) is 73.0 Å². The Kier molecular flexibility index (Phi) is 6.62. The summed E-state index contributed by atoms with van der Waals surface area (Å²) in [4.78, 5) is 40.4. The average Bonchev–Trinajstić information content (AvgIpc) is 2.86. The summed E-state index contributed by atoms with van der Waals surface area (Å²) in [5.74, 6) is -0.642. The van der Waals surface area contributed by atoms with Crippen molar-refractivity contribution in [2.75, 3.05) is 39.4 Å². The normalized spacial score (nSPS) is 18.5. The van der Waals surface area contributed by atoms with Crippen LogP contribution in [0.4, 0.5) is 0 Å². The number of benzene rings is 1. The number of carbonyl (C=O) groups is 3. The minimum absolute atomic E-state index is 0.0484. The summed E-state index contributed by atoms with van der Waals surface area (Å²) < 4.78 is 6.08. The number of hydrogen-bond donors (Lipinski definition) is 1. The third-order valence-corrected chi connectivity index (χ3v) is 5.25. The van der Waals surface area contributed by atoms with Gasteiger partial charge < -0.3 is 10.1 Å². The van der Waals surface area contributed by atoms with Crippen LogP contribution in [0.25, 0.3) is 0 Å². The molecule has 1 aromatic carbocycles. The van der Waals surface area contributed by atoms with Gasteiger partial charge in [0.1, 0.15) is 0 Å². The van der Waals surface area contributed by atoms with Crippen LogP contribution >= 0.6 is 15.9 Å². The van der Waals surface area contributed by atoms with Crippen LogP contribution in [-0.2, 0) is 9.53 Å². The number of rotatable bonds is 7. The fourth-order valence-corrected chi connectivity index (χ4v) is 3.79. The van der Waals surface area contributed by atoms with E-state index >= 15 is 0 Å². The molecular weight excluding hydrogens is 414 g/mol. The fraction of sp³-hybridized carbons (Fsp3) is 0.526. The zero-order chi connectivity index (χ0) is 19.4. The van der Waals surface area contributed by atoms with Crippen LogP contribution < -0.4 is 5.32 Å². The molecule has 8 heteroatoms. The highest BCUT2D eigenvalue weighted by Gasteiger charge is 2.35. The average molecular weight is 438 g/mol. The van der Waals surface area contributed by atoms with Crippen LogP contribution in [0.5, 0.6) is 0 Å². The summed E-state index contributed by atoms with van der Waals surface area (Å²) in [5, 5.41) is 2.98. The molecule has 2 aliphatic rings. The Morgan fingerprint density at radius 1 is 1.22 bits per heavy atom. The van der Waals surface area contributed by atoms with Crippen molar-refractivity contribution in [2.45, 2.75) is 25.8 Å². The summed E-state index contributed by atoms with van der Waals surface area (Å²) in [6.45, 7) is 6.26. The van der Waals surface area contributed by atoms with Gasteiger partial charge in [0, 0.05) is 43.1 Å². The van der Waals surface area contributed by atoms with Gasteiger partial charge in [-0.25, -0.2) is 0 Å². The second kappa shape index (κ2) is 8.95. The van der Waals surface area contributed by atoms with Gasteiger partial charge in [0.05, 0.1) is 24.3 Å². The molecule has 1 fully saturated rings. The van der Waals surface area contributed by atoms with E-state index in [4.69, 9.17) is 4.74 Å². The van der Waals surface area contributed by atoms with Gasteiger partial charge in [-0.05, 0) is 31.5 Å². The molecule has 1 unspecified atom stereocenters. The van der Waals surface area contributed by atoms with Crippen LogP contribution in [0, 0.1) is 0 Å². The van der Waals surface area contributed by atoms with Crippen molar-refractivity contribution in [2.24, 2.45) is 0 Å². The van der Waals surface area contributed by atoms with Crippen LogP contribution in [0.2, 0.25) is 0 Å². The van der Waals surface area contributed by atoms with Gasteiger partial charge in [-0.1, -0.05) is 15.9 Å². The van der Waals surface area contributed by atoms with Gasteiger partial charge in [0.15, 0.2) is 0 Å². The number of nitrogens with one attached hydrogen (secondary N) is 1. The van der Waals surface area contributed by atoms with Gasteiger partial charge in [0.25, 0.3) is 11.8 Å². The lowest BCUT2D eigenvalue weighted by atomic mass is 10.1. The molecule has 0 bridgehead atoms. The molecule has 1 N–H and O–H groups in total. The number of amides is 3. The van der Waals surface area contributed by atoms with Crippen molar-refractivity contribution in [3.05, 3.63) is 33.8 Å². The third-order valence-electron chi connectivity index (χ3n) is 4.76. The van der Waals surface area contributed by atoms with Crippen molar-refractivity contribution < 1.29 is 19.1 Å². The highest BCUT2D eigenvalue weighted by molar-refractivity contribution is 9.10. The van der Waals surface area contributed by atoms with E-state index in [1.807, 2.05) is 6.92 Å². The first kappa shape index (κ1) is 20.0. The van der Waals surface area contributed by atoms with Crippen LogP contribution in [0.1, 0.15) is 40.5 Å². The molecule has 7 nitrogen and oxygen atoms in total. The number of nitrogens with zero attached hydrogens (tertiary/aromatic N) is 2.